The maximum Gasteiger partial charge on any atom is 0.241 e. The van der Waals surface area contributed by atoms with Gasteiger partial charge in [0.15, 0.2) is 11.5 Å². The van der Waals surface area contributed by atoms with Crippen LogP contribution in [-0.4, -0.2) is 35.7 Å². The highest BCUT2D eigenvalue weighted by molar-refractivity contribution is 7.18. The molecule has 6 nitrogen and oxygen atoms in total. The fourth-order valence-corrected chi connectivity index (χ4v) is 3.79. The van der Waals surface area contributed by atoms with E-state index < -0.39 is 0 Å². The van der Waals surface area contributed by atoms with Crippen LogP contribution >= 0.6 is 11.3 Å². The number of hydrogen-bond donors (Lipinski definition) is 1. The van der Waals surface area contributed by atoms with Gasteiger partial charge in [-0.1, -0.05) is 12.1 Å². The molecule has 0 saturated carbocycles. The minimum atomic E-state index is -0.299. The summed E-state index contributed by atoms with van der Waals surface area (Å²) in [4.78, 5) is 19.2. The molecule has 1 aliphatic heterocycles. The monoisotopic (exact) mass is 369 g/mol. The van der Waals surface area contributed by atoms with Crippen molar-refractivity contribution in [2.75, 3.05) is 19.2 Å². The van der Waals surface area contributed by atoms with E-state index in [0.717, 1.165) is 15.2 Å². The second-order valence-electron chi connectivity index (χ2n) is 6.22. The largest absolute Gasteiger partial charge is 0.454 e. The predicted molar refractivity (Wildman–Crippen MR) is 102 cm³/mol. The zero-order valence-corrected chi connectivity index (χ0v) is 15.4. The zero-order chi connectivity index (χ0) is 18.1. The third kappa shape index (κ3) is 3.36. The summed E-state index contributed by atoms with van der Waals surface area (Å²) in [6, 6.07) is 13.1. The lowest BCUT2D eigenvalue weighted by molar-refractivity contribution is -0.120. The van der Waals surface area contributed by atoms with Gasteiger partial charge in [0.1, 0.15) is 5.01 Å². The van der Waals surface area contributed by atoms with E-state index in [1.54, 1.807) is 23.5 Å². The summed E-state index contributed by atoms with van der Waals surface area (Å²) in [6.07, 6.45) is 0. The van der Waals surface area contributed by atoms with Gasteiger partial charge in [-0.15, -0.1) is 11.3 Å². The van der Waals surface area contributed by atoms with E-state index in [4.69, 9.17) is 9.47 Å². The molecular formula is C19H19N3O3S. The number of anilines is 1. The van der Waals surface area contributed by atoms with Crippen molar-refractivity contribution in [3.05, 3.63) is 47.5 Å². The average Bonchev–Trinajstić information content (AvgIpc) is 3.26. The molecule has 1 aliphatic rings. The molecule has 26 heavy (non-hydrogen) atoms. The normalized spacial score (nSPS) is 14.0. The van der Waals surface area contributed by atoms with Crippen molar-refractivity contribution >= 4 is 33.1 Å². The van der Waals surface area contributed by atoms with Gasteiger partial charge < -0.3 is 14.8 Å². The van der Waals surface area contributed by atoms with Crippen LogP contribution in [0.5, 0.6) is 11.5 Å². The maximum atomic E-state index is 12.6. The first kappa shape index (κ1) is 16.8. The fourth-order valence-electron chi connectivity index (χ4n) is 2.76. The van der Waals surface area contributed by atoms with Crippen LogP contribution in [0.2, 0.25) is 0 Å². The Morgan fingerprint density at radius 3 is 2.92 bits per heavy atom. The number of carbonyl (C=O) groups is 1. The van der Waals surface area contributed by atoms with Crippen molar-refractivity contribution in [2.24, 2.45) is 0 Å². The summed E-state index contributed by atoms with van der Waals surface area (Å²) in [5.74, 6) is 1.27. The zero-order valence-electron chi connectivity index (χ0n) is 14.6. The molecule has 0 radical (unpaired) electrons. The Morgan fingerprint density at radius 1 is 1.27 bits per heavy atom. The minimum absolute atomic E-state index is 0.0764. The highest BCUT2D eigenvalue weighted by atomic mass is 32.1. The number of carbonyl (C=O) groups excluding carboxylic acids is 1. The van der Waals surface area contributed by atoms with Gasteiger partial charge in [-0.2, -0.15) is 0 Å². The number of nitrogens with zero attached hydrogens (tertiary/aromatic N) is 2. The van der Waals surface area contributed by atoms with Crippen LogP contribution in [0, 0.1) is 0 Å². The van der Waals surface area contributed by atoms with Gasteiger partial charge >= 0.3 is 0 Å². The first-order chi connectivity index (χ1) is 12.6. The number of rotatable bonds is 5. The quantitative estimate of drug-likeness (QED) is 0.746. The van der Waals surface area contributed by atoms with E-state index in [-0.39, 0.29) is 18.7 Å². The molecule has 2 aromatic carbocycles. The summed E-state index contributed by atoms with van der Waals surface area (Å²) in [6.45, 7) is 2.72. The molecule has 1 amide bonds. The van der Waals surface area contributed by atoms with Crippen LogP contribution in [-0.2, 0) is 11.3 Å². The molecule has 4 rings (SSSR count). The first-order valence-corrected chi connectivity index (χ1v) is 9.17. The molecule has 3 aromatic rings. The molecule has 2 heterocycles. The average molecular weight is 369 g/mol. The lowest BCUT2D eigenvalue weighted by Crippen LogP contribution is -2.39. The van der Waals surface area contributed by atoms with Crippen molar-refractivity contribution in [2.45, 2.75) is 19.5 Å². The Morgan fingerprint density at radius 2 is 2.08 bits per heavy atom. The van der Waals surface area contributed by atoms with E-state index in [2.05, 4.69) is 16.4 Å². The summed E-state index contributed by atoms with van der Waals surface area (Å²) in [7, 11) is 1.93. The van der Waals surface area contributed by atoms with E-state index in [1.807, 2.05) is 43.1 Å². The topological polar surface area (TPSA) is 63.7 Å². The number of likely N-dealkylation sites (N-methyl/N-ethyl adjacent to an activating group) is 1. The standard InChI is InChI=1S/C19H19N3O3S/c1-12(19(23)20-13-7-8-15-16(9-13)25-11-24-15)22(2)10-18-21-14-5-3-4-6-17(14)26-18/h3-9,12H,10-11H2,1-2H3,(H,20,23)/t12-/m0/s1. The number of fused-ring (bicyclic) bond motifs is 2. The second kappa shape index (κ2) is 6.93. The van der Waals surface area contributed by atoms with Crippen LogP contribution in [0.15, 0.2) is 42.5 Å². The Kier molecular flexibility index (Phi) is 4.48. The van der Waals surface area contributed by atoms with Crippen molar-refractivity contribution in [1.82, 2.24) is 9.88 Å². The lowest BCUT2D eigenvalue weighted by Gasteiger charge is -2.22. The molecule has 0 aliphatic carbocycles. The number of para-hydroxylation sites is 1. The van der Waals surface area contributed by atoms with Gasteiger partial charge in [-0.25, -0.2) is 4.98 Å². The molecule has 0 fully saturated rings. The summed E-state index contributed by atoms with van der Waals surface area (Å²) in [5, 5.41) is 3.93. The third-order valence-electron chi connectivity index (χ3n) is 4.40. The highest BCUT2D eigenvalue weighted by Crippen LogP contribution is 2.34. The molecule has 7 heteroatoms. The van der Waals surface area contributed by atoms with Gasteiger partial charge in [0, 0.05) is 11.8 Å². The van der Waals surface area contributed by atoms with Crippen LogP contribution < -0.4 is 14.8 Å². The number of thiazole rings is 1. The van der Waals surface area contributed by atoms with Crippen LogP contribution in [0.25, 0.3) is 10.2 Å². The number of amides is 1. The predicted octanol–water partition coefficient (Wildman–Crippen LogP) is 3.48. The SMILES string of the molecule is C[C@@H](C(=O)Nc1ccc2c(c1)OCO2)N(C)Cc1nc2ccccc2s1. The van der Waals surface area contributed by atoms with Crippen LogP contribution in [0.1, 0.15) is 11.9 Å². The Bertz CT molecular complexity index is 923. The van der Waals surface area contributed by atoms with Crippen LogP contribution in [0.4, 0.5) is 5.69 Å². The van der Waals surface area contributed by atoms with E-state index in [0.29, 0.717) is 23.7 Å². The third-order valence-corrected chi connectivity index (χ3v) is 5.42. The Hall–Kier alpha value is -2.64. The van der Waals surface area contributed by atoms with E-state index >= 15 is 0 Å². The molecule has 0 unspecified atom stereocenters. The van der Waals surface area contributed by atoms with Gasteiger partial charge in [-0.05, 0) is 38.2 Å². The van der Waals surface area contributed by atoms with Gasteiger partial charge in [0.25, 0.3) is 0 Å². The number of aromatic nitrogens is 1. The minimum Gasteiger partial charge on any atom is -0.454 e. The second-order valence-corrected chi connectivity index (χ2v) is 7.34. The van der Waals surface area contributed by atoms with Gasteiger partial charge in [0.05, 0.1) is 22.8 Å². The molecule has 134 valence electrons. The fraction of sp³-hybridized carbons (Fsp3) is 0.263. The Balaban J connectivity index is 1.40. The Labute approximate surface area is 155 Å². The van der Waals surface area contributed by atoms with Crippen LogP contribution in [0.3, 0.4) is 0 Å². The highest BCUT2D eigenvalue weighted by Gasteiger charge is 2.21. The molecule has 0 bridgehead atoms. The molecule has 1 N–H and O–H groups in total. The van der Waals surface area contributed by atoms with Crippen molar-refractivity contribution in [1.29, 1.82) is 0 Å². The molecule has 1 aromatic heterocycles. The maximum absolute atomic E-state index is 12.6. The summed E-state index contributed by atoms with van der Waals surface area (Å²) < 4.78 is 11.8. The van der Waals surface area contributed by atoms with Crippen molar-refractivity contribution in [3.8, 4) is 11.5 Å². The van der Waals surface area contributed by atoms with E-state index in [1.165, 1.54) is 0 Å². The molecule has 0 saturated heterocycles. The summed E-state index contributed by atoms with van der Waals surface area (Å²) in [5.41, 5.74) is 1.69. The van der Waals surface area contributed by atoms with Crippen molar-refractivity contribution < 1.29 is 14.3 Å². The number of nitrogens with one attached hydrogen (secondary N) is 1. The first-order valence-electron chi connectivity index (χ1n) is 8.35. The molecule has 1 atom stereocenters. The van der Waals surface area contributed by atoms with Gasteiger partial charge in [-0.3, -0.25) is 9.69 Å². The number of ether oxygens (including phenoxy) is 2. The van der Waals surface area contributed by atoms with E-state index in [9.17, 15) is 4.79 Å². The number of hydrogen-bond acceptors (Lipinski definition) is 6. The number of benzene rings is 2. The summed E-state index contributed by atoms with van der Waals surface area (Å²) >= 11 is 1.66. The molecular weight excluding hydrogens is 350 g/mol. The van der Waals surface area contributed by atoms with Gasteiger partial charge in [0.2, 0.25) is 12.7 Å². The smallest absolute Gasteiger partial charge is 0.241 e. The van der Waals surface area contributed by atoms with Crippen molar-refractivity contribution in [3.63, 3.8) is 0 Å². The molecule has 0 spiro atoms. The lowest BCUT2D eigenvalue weighted by atomic mass is 10.2.